The van der Waals surface area contributed by atoms with Gasteiger partial charge in [0, 0.05) is 11.3 Å². The van der Waals surface area contributed by atoms with Crippen molar-refractivity contribution < 1.29 is 47.9 Å². The van der Waals surface area contributed by atoms with Crippen LogP contribution in [0.15, 0.2) is 0 Å². The third-order valence-electron chi connectivity index (χ3n) is 2.65. The van der Waals surface area contributed by atoms with E-state index >= 15 is 0 Å². The van der Waals surface area contributed by atoms with E-state index in [0.717, 1.165) is 12.8 Å². The van der Waals surface area contributed by atoms with Gasteiger partial charge in [0.15, 0.2) is 0 Å². The van der Waals surface area contributed by atoms with Gasteiger partial charge in [-0.05, 0) is 33.6 Å². The molecule has 0 aromatic rings. The van der Waals surface area contributed by atoms with Gasteiger partial charge in [-0.3, -0.25) is 4.21 Å². The first-order chi connectivity index (χ1) is 7.79. The number of hydrogen-bond acceptors (Lipinski definition) is 4. The maximum atomic E-state index is 11.6. The van der Waals surface area contributed by atoms with Crippen molar-refractivity contribution in [2.24, 2.45) is 0 Å². The Morgan fingerprint density at radius 1 is 1.33 bits per heavy atom. The molecule has 1 aliphatic rings. The summed E-state index contributed by atoms with van der Waals surface area (Å²) in [5, 5.41) is 2.16. The summed E-state index contributed by atoms with van der Waals surface area (Å²) in [6, 6.07) is -0.322. The van der Waals surface area contributed by atoms with Gasteiger partial charge in [-0.25, -0.2) is 4.79 Å². The third kappa shape index (κ3) is 6.52. The molecule has 0 aliphatic heterocycles. The normalized spacial score (nSPS) is 25.8. The maximum Gasteiger partial charge on any atom is 1.00 e. The SMILES string of the molecule is CC(C)(C)OC(=O)N[C@H]1CCCC[C@H]1S(=O)[O-].[Na+]. The van der Waals surface area contributed by atoms with Gasteiger partial charge >= 0.3 is 35.7 Å². The molecular weight excluding hydrogens is 265 g/mol. The number of amides is 1. The van der Waals surface area contributed by atoms with Crippen LogP contribution in [0.5, 0.6) is 0 Å². The predicted octanol–water partition coefficient (Wildman–Crippen LogP) is -1.29. The van der Waals surface area contributed by atoms with Crippen molar-refractivity contribution in [1.82, 2.24) is 5.32 Å². The van der Waals surface area contributed by atoms with Gasteiger partial charge in [0.2, 0.25) is 0 Å². The van der Waals surface area contributed by atoms with Crippen molar-refractivity contribution in [1.29, 1.82) is 0 Å². The molecule has 0 aromatic heterocycles. The van der Waals surface area contributed by atoms with E-state index in [1.807, 2.05) is 0 Å². The van der Waals surface area contributed by atoms with Gasteiger partial charge in [-0.15, -0.1) is 0 Å². The average Bonchev–Trinajstić information content (AvgIpc) is 2.14. The van der Waals surface area contributed by atoms with Crippen LogP contribution in [0.3, 0.4) is 0 Å². The predicted molar refractivity (Wildman–Crippen MR) is 64.3 cm³/mol. The Kier molecular flexibility index (Phi) is 8.01. The van der Waals surface area contributed by atoms with E-state index in [-0.39, 0.29) is 35.6 Å². The van der Waals surface area contributed by atoms with E-state index in [0.29, 0.717) is 12.8 Å². The average molecular weight is 285 g/mol. The Hall–Kier alpha value is 0.380. The van der Waals surface area contributed by atoms with Crippen LogP contribution in [0.25, 0.3) is 0 Å². The topological polar surface area (TPSA) is 78.5 Å². The zero-order chi connectivity index (χ0) is 13.1. The summed E-state index contributed by atoms with van der Waals surface area (Å²) in [6.45, 7) is 5.32. The molecular formula is C11H20NNaO4S. The fourth-order valence-corrected chi connectivity index (χ4v) is 2.78. The first kappa shape index (κ1) is 18.4. The van der Waals surface area contributed by atoms with Crippen LogP contribution in [-0.2, 0) is 15.8 Å². The molecule has 0 radical (unpaired) electrons. The van der Waals surface area contributed by atoms with Crippen LogP contribution in [0, 0.1) is 0 Å². The molecule has 5 nitrogen and oxygen atoms in total. The van der Waals surface area contributed by atoms with Crippen molar-refractivity contribution in [2.75, 3.05) is 0 Å². The van der Waals surface area contributed by atoms with Crippen LogP contribution in [0.4, 0.5) is 4.79 Å². The summed E-state index contributed by atoms with van der Waals surface area (Å²) in [5.74, 6) is 0. The molecule has 0 spiro atoms. The minimum atomic E-state index is -2.14. The molecule has 3 atom stereocenters. The van der Waals surface area contributed by atoms with Crippen LogP contribution < -0.4 is 34.9 Å². The summed E-state index contributed by atoms with van der Waals surface area (Å²) in [7, 11) is 0. The Morgan fingerprint density at radius 3 is 2.39 bits per heavy atom. The summed E-state index contributed by atoms with van der Waals surface area (Å²) in [4.78, 5) is 11.6. The Balaban J connectivity index is 0.00000289. The second-order valence-electron chi connectivity index (χ2n) is 5.34. The number of rotatable bonds is 2. The first-order valence-corrected chi connectivity index (χ1v) is 7.01. The molecule has 1 fully saturated rings. The van der Waals surface area contributed by atoms with Crippen molar-refractivity contribution in [3.05, 3.63) is 0 Å². The summed E-state index contributed by atoms with van der Waals surface area (Å²) >= 11 is -2.14. The second-order valence-corrected chi connectivity index (χ2v) is 6.46. The molecule has 0 bridgehead atoms. The van der Waals surface area contributed by atoms with Crippen molar-refractivity contribution in [2.45, 2.75) is 63.3 Å². The minimum absolute atomic E-state index is 0. The van der Waals surface area contributed by atoms with Gasteiger partial charge in [0.25, 0.3) is 0 Å². The number of alkyl carbamates (subject to hydrolysis) is 1. The Labute approximate surface area is 133 Å². The van der Waals surface area contributed by atoms with Crippen LogP contribution >= 0.6 is 0 Å². The Bertz CT molecular complexity index is 306. The molecule has 1 aliphatic carbocycles. The van der Waals surface area contributed by atoms with E-state index in [1.54, 1.807) is 20.8 Å². The molecule has 1 unspecified atom stereocenters. The van der Waals surface area contributed by atoms with Gasteiger partial charge in [-0.2, -0.15) is 0 Å². The van der Waals surface area contributed by atoms with Crippen molar-refractivity contribution in [3.63, 3.8) is 0 Å². The maximum absolute atomic E-state index is 11.6. The second kappa shape index (κ2) is 7.85. The van der Waals surface area contributed by atoms with E-state index in [2.05, 4.69) is 5.32 Å². The molecule has 1 N–H and O–H groups in total. The molecule has 0 heterocycles. The van der Waals surface area contributed by atoms with Gasteiger partial charge in [0.05, 0.1) is 0 Å². The fourth-order valence-electron chi connectivity index (χ4n) is 1.95. The number of carbonyl (C=O) groups is 1. The van der Waals surface area contributed by atoms with Crippen LogP contribution in [-0.4, -0.2) is 31.7 Å². The summed E-state index contributed by atoms with van der Waals surface area (Å²) < 4.78 is 27.2. The quantitative estimate of drug-likeness (QED) is 0.505. The standard InChI is InChI=1S/C11H21NO4S.Na/c1-11(2,3)16-10(13)12-8-6-4-5-7-9(8)17(14)15;/h8-9H,4-7H2,1-3H3,(H,12,13)(H,14,15);/q;+1/p-1/t8-,9+;/m0./s1. The first-order valence-electron chi connectivity index (χ1n) is 5.87. The zero-order valence-corrected chi connectivity index (χ0v) is 14.3. The largest absolute Gasteiger partial charge is 1.00 e. The van der Waals surface area contributed by atoms with Crippen LogP contribution in [0.1, 0.15) is 46.5 Å². The number of hydrogen-bond donors (Lipinski definition) is 1. The van der Waals surface area contributed by atoms with Gasteiger partial charge in [-0.1, -0.05) is 23.9 Å². The van der Waals surface area contributed by atoms with E-state index in [1.165, 1.54) is 0 Å². The molecule has 18 heavy (non-hydrogen) atoms. The number of ether oxygens (including phenoxy) is 1. The number of carbonyl (C=O) groups excluding carboxylic acids is 1. The number of nitrogens with one attached hydrogen (secondary N) is 1. The molecule has 0 saturated heterocycles. The van der Waals surface area contributed by atoms with E-state index < -0.39 is 28.0 Å². The van der Waals surface area contributed by atoms with Gasteiger partial charge in [0.1, 0.15) is 5.60 Å². The molecule has 1 rings (SSSR count). The third-order valence-corrected chi connectivity index (χ3v) is 3.71. The van der Waals surface area contributed by atoms with E-state index in [4.69, 9.17) is 4.74 Å². The monoisotopic (exact) mass is 285 g/mol. The Morgan fingerprint density at radius 2 is 1.89 bits per heavy atom. The van der Waals surface area contributed by atoms with Crippen molar-refractivity contribution in [3.8, 4) is 0 Å². The molecule has 100 valence electrons. The summed E-state index contributed by atoms with van der Waals surface area (Å²) in [5.41, 5.74) is -0.565. The minimum Gasteiger partial charge on any atom is -0.772 e. The molecule has 1 saturated carbocycles. The summed E-state index contributed by atoms with van der Waals surface area (Å²) in [6.07, 6.45) is 2.59. The smallest absolute Gasteiger partial charge is 0.772 e. The molecule has 7 heteroatoms. The molecule has 0 aromatic carbocycles. The van der Waals surface area contributed by atoms with Crippen LogP contribution in [0.2, 0.25) is 0 Å². The van der Waals surface area contributed by atoms with Crippen molar-refractivity contribution >= 4 is 17.2 Å². The van der Waals surface area contributed by atoms with Gasteiger partial charge < -0.3 is 14.6 Å². The fraction of sp³-hybridized carbons (Fsp3) is 0.909. The van der Waals surface area contributed by atoms with E-state index in [9.17, 15) is 13.6 Å². The molecule has 1 amide bonds. The zero-order valence-electron chi connectivity index (χ0n) is 11.5.